The van der Waals surface area contributed by atoms with Crippen molar-refractivity contribution in [2.75, 3.05) is 6.54 Å². The topological polar surface area (TPSA) is 109 Å². The van der Waals surface area contributed by atoms with E-state index in [1.54, 1.807) is 23.5 Å². The first kappa shape index (κ1) is 18.1. The highest BCUT2D eigenvalue weighted by molar-refractivity contribution is 6.02. The third kappa shape index (κ3) is 3.47. The number of fused-ring (bicyclic) bond motifs is 1. The minimum atomic E-state index is -0.839. The zero-order valence-electron chi connectivity index (χ0n) is 15.8. The predicted molar refractivity (Wildman–Crippen MR) is 99.3 cm³/mol. The number of carbonyl (C=O) groups excluding carboxylic acids is 3. The van der Waals surface area contributed by atoms with Gasteiger partial charge in [0.25, 0.3) is 0 Å². The van der Waals surface area contributed by atoms with E-state index in [0.717, 1.165) is 23.4 Å². The molecule has 1 atom stereocenters. The first-order valence-corrected chi connectivity index (χ1v) is 9.18. The molecule has 0 aliphatic carbocycles. The number of nitrogens with one attached hydrogen (secondary N) is 2. The number of hydrogen-bond acceptors (Lipinski definition) is 5. The Hall–Kier alpha value is -3.23. The van der Waals surface area contributed by atoms with Crippen LogP contribution in [0.4, 0.5) is 4.79 Å². The van der Waals surface area contributed by atoms with Crippen molar-refractivity contribution >= 4 is 17.8 Å². The maximum Gasteiger partial charge on any atom is 0.322 e. The van der Waals surface area contributed by atoms with Gasteiger partial charge in [-0.25, -0.2) is 9.48 Å². The van der Waals surface area contributed by atoms with E-state index >= 15 is 0 Å². The van der Waals surface area contributed by atoms with Crippen LogP contribution in [0.2, 0.25) is 0 Å². The number of pyridine rings is 1. The van der Waals surface area contributed by atoms with Crippen molar-refractivity contribution in [1.82, 2.24) is 30.3 Å². The van der Waals surface area contributed by atoms with Gasteiger partial charge in [-0.05, 0) is 24.0 Å². The third-order valence-electron chi connectivity index (χ3n) is 5.05. The Morgan fingerprint density at radius 1 is 1.25 bits per heavy atom. The number of amides is 4. The summed E-state index contributed by atoms with van der Waals surface area (Å²) in [5, 5.41) is 9.23. The van der Waals surface area contributed by atoms with Crippen molar-refractivity contribution < 1.29 is 14.4 Å². The van der Waals surface area contributed by atoms with Crippen LogP contribution in [0.3, 0.4) is 0 Å². The van der Waals surface area contributed by atoms with Crippen LogP contribution in [-0.2, 0) is 22.6 Å². The standard InChI is InChI=1S/C19H22N6O3/c1-19(2)8-15-12(9-21-25(15)13-3-5-20-6-4-13)10-24(11-19)17(27)14-7-16(26)23-18(28)22-14/h3-6,9,14H,7-8,10-11H2,1-2H3,(H2,22,23,26,28)/t14-/m0/s1. The van der Waals surface area contributed by atoms with Crippen molar-refractivity contribution in [1.29, 1.82) is 0 Å². The number of hydrogen-bond donors (Lipinski definition) is 2. The second-order valence-electron chi connectivity index (χ2n) is 8.05. The predicted octanol–water partition coefficient (Wildman–Crippen LogP) is 0.776. The molecule has 4 heterocycles. The van der Waals surface area contributed by atoms with Crippen molar-refractivity contribution in [3.63, 3.8) is 0 Å². The number of urea groups is 1. The molecule has 0 saturated carbocycles. The van der Waals surface area contributed by atoms with Gasteiger partial charge >= 0.3 is 6.03 Å². The summed E-state index contributed by atoms with van der Waals surface area (Å²) in [6.45, 7) is 5.10. The van der Waals surface area contributed by atoms with Crippen LogP contribution in [0.25, 0.3) is 5.69 Å². The summed E-state index contributed by atoms with van der Waals surface area (Å²) in [4.78, 5) is 42.1. The van der Waals surface area contributed by atoms with E-state index < -0.39 is 18.0 Å². The Labute approximate surface area is 162 Å². The van der Waals surface area contributed by atoms with Crippen LogP contribution in [0, 0.1) is 5.41 Å². The molecule has 2 aliphatic rings. The minimum Gasteiger partial charge on any atom is -0.336 e. The molecular formula is C19H22N6O3. The molecule has 0 unspecified atom stereocenters. The van der Waals surface area contributed by atoms with Gasteiger partial charge in [0.05, 0.1) is 18.3 Å². The lowest BCUT2D eigenvalue weighted by Crippen LogP contribution is -2.58. The summed E-state index contributed by atoms with van der Waals surface area (Å²) in [5.74, 6) is -0.692. The average molecular weight is 382 g/mol. The molecule has 1 saturated heterocycles. The molecule has 28 heavy (non-hydrogen) atoms. The first-order chi connectivity index (χ1) is 13.3. The average Bonchev–Trinajstić information content (AvgIpc) is 2.95. The van der Waals surface area contributed by atoms with E-state index in [1.807, 2.05) is 16.8 Å². The largest absolute Gasteiger partial charge is 0.336 e. The van der Waals surface area contributed by atoms with E-state index in [4.69, 9.17) is 0 Å². The van der Waals surface area contributed by atoms with Gasteiger partial charge in [0.15, 0.2) is 0 Å². The van der Waals surface area contributed by atoms with Gasteiger partial charge in [-0.3, -0.25) is 19.9 Å². The van der Waals surface area contributed by atoms with Gasteiger partial charge in [-0.1, -0.05) is 13.8 Å². The van der Waals surface area contributed by atoms with Crippen LogP contribution in [-0.4, -0.2) is 50.1 Å². The second kappa shape index (κ2) is 6.74. The number of nitrogens with zero attached hydrogens (tertiary/aromatic N) is 4. The summed E-state index contributed by atoms with van der Waals surface area (Å²) in [6, 6.07) is 2.32. The molecular weight excluding hydrogens is 360 g/mol. The fourth-order valence-electron chi connectivity index (χ4n) is 3.86. The highest BCUT2D eigenvalue weighted by Crippen LogP contribution is 2.31. The molecule has 2 aliphatic heterocycles. The lowest BCUT2D eigenvalue weighted by molar-refractivity contribution is -0.138. The molecule has 4 rings (SSSR count). The zero-order chi connectivity index (χ0) is 19.9. The van der Waals surface area contributed by atoms with Crippen LogP contribution < -0.4 is 10.6 Å². The fourth-order valence-corrected chi connectivity index (χ4v) is 3.86. The van der Waals surface area contributed by atoms with E-state index in [1.165, 1.54) is 0 Å². The van der Waals surface area contributed by atoms with Gasteiger partial charge in [-0.15, -0.1) is 0 Å². The number of rotatable bonds is 2. The maximum absolute atomic E-state index is 13.1. The van der Waals surface area contributed by atoms with Gasteiger partial charge in [0.1, 0.15) is 6.04 Å². The summed E-state index contributed by atoms with van der Waals surface area (Å²) in [6.07, 6.45) is 5.91. The lowest BCUT2D eigenvalue weighted by atomic mass is 9.87. The van der Waals surface area contributed by atoms with Crippen molar-refractivity contribution in [2.45, 2.75) is 39.3 Å². The summed E-state index contributed by atoms with van der Waals surface area (Å²) in [7, 11) is 0. The lowest BCUT2D eigenvalue weighted by Gasteiger charge is -2.33. The number of carbonyl (C=O) groups is 3. The molecule has 2 aromatic heterocycles. The van der Waals surface area contributed by atoms with E-state index in [2.05, 4.69) is 34.6 Å². The van der Waals surface area contributed by atoms with Gasteiger partial charge in [0.2, 0.25) is 11.8 Å². The number of imide groups is 1. The van der Waals surface area contributed by atoms with Gasteiger partial charge in [0, 0.05) is 36.7 Å². The Morgan fingerprint density at radius 3 is 2.71 bits per heavy atom. The molecule has 0 spiro atoms. The minimum absolute atomic E-state index is 0.0510. The van der Waals surface area contributed by atoms with Crippen LogP contribution in [0.1, 0.15) is 31.5 Å². The smallest absolute Gasteiger partial charge is 0.322 e. The maximum atomic E-state index is 13.1. The monoisotopic (exact) mass is 382 g/mol. The quantitative estimate of drug-likeness (QED) is 0.798. The Balaban J connectivity index is 1.64. The molecule has 146 valence electrons. The van der Waals surface area contributed by atoms with E-state index in [-0.39, 0.29) is 17.7 Å². The Kier molecular flexibility index (Phi) is 4.37. The fraction of sp³-hybridized carbons (Fsp3) is 0.421. The number of aromatic nitrogens is 3. The summed E-state index contributed by atoms with van der Waals surface area (Å²) < 4.78 is 1.89. The molecule has 0 bridgehead atoms. The van der Waals surface area contributed by atoms with Gasteiger partial charge < -0.3 is 10.2 Å². The summed E-state index contributed by atoms with van der Waals surface area (Å²) >= 11 is 0. The Bertz CT molecular complexity index is 920. The summed E-state index contributed by atoms with van der Waals surface area (Å²) in [5.41, 5.74) is 2.73. The second-order valence-corrected chi connectivity index (χ2v) is 8.05. The van der Waals surface area contributed by atoms with E-state index in [9.17, 15) is 14.4 Å². The third-order valence-corrected chi connectivity index (χ3v) is 5.05. The highest BCUT2D eigenvalue weighted by Gasteiger charge is 2.37. The first-order valence-electron chi connectivity index (χ1n) is 9.18. The molecule has 1 fully saturated rings. The molecule has 2 aromatic rings. The molecule has 0 aromatic carbocycles. The van der Waals surface area contributed by atoms with Crippen molar-refractivity contribution in [3.05, 3.63) is 42.0 Å². The normalized spacial score (nSPS) is 21.4. The van der Waals surface area contributed by atoms with Crippen molar-refractivity contribution in [2.24, 2.45) is 5.41 Å². The molecule has 9 nitrogen and oxygen atoms in total. The van der Waals surface area contributed by atoms with Gasteiger partial charge in [-0.2, -0.15) is 5.10 Å². The van der Waals surface area contributed by atoms with Crippen LogP contribution >= 0.6 is 0 Å². The Morgan fingerprint density at radius 2 is 2.00 bits per heavy atom. The highest BCUT2D eigenvalue weighted by atomic mass is 16.2. The molecule has 2 N–H and O–H groups in total. The zero-order valence-corrected chi connectivity index (χ0v) is 15.8. The van der Waals surface area contributed by atoms with Crippen LogP contribution in [0.5, 0.6) is 0 Å². The molecule has 4 amide bonds. The molecule has 0 radical (unpaired) electrons. The SMILES string of the molecule is CC1(C)Cc2c(cnn2-c2ccncc2)CN(C(=O)[C@@H]2CC(=O)NC(=O)N2)C1. The van der Waals surface area contributed by atoms with Crippen LogP contribution in [0.15, 0.2) is 30.7 Å². The van der Waals surface area contributed by atoms with Crippen molar-refractivity contribution in [3.8, 4) is 5.69 Å². The van der Waals surface area contributed by atoms with E-state index in [0.29, 0.717) is 13.1 Å². The molecule has 9 heteroatoms.